The lowest BCUT2D eigenvalue weighted by Gasteiger charge is -2.36. The smallest absolute Gasteiger partial charge is 0.246 e. The summed E-state index contributed by atoms with van der Waals surface area (Å²) in [5, 5.41) is 0. The average molecular weight is 367 g/mol. The van der Waals surface area contributed by atoms with Crippen LogP contribution in [0, 0.1) is 11.8 Å². The van der Waals surface area contributed by atoms with E-state index in [1.54, 1.807) is 6.08 Å². The Kier molecular flexibility index (Phi) is 5.33. The molecule has 3 aliphatic rings. The maximum absolute atomic E-state index is 13.1. The van der Waals surface area contributed by atoms with Gasteiger partial charge >= 0.3 is 0 Å². The summed E-state index contributed by atoms with van der Waals surface area (Å²) in [6, 6.07) is 10.8. The van der Waals surface area contributed by atoms with Crippen LogP contribution in [-0.4, -0.2) is 46.8 Å². The fourth-order valence-electron chi connectivity index (χ4n) is 4.27. The molecule has 1 saturated heterocycles. The van der Waals surface area contributed by atoms with Crippen molar-refractivity contribution in [3.8, 4) is 0 Å². The van der Waals surface area contributed by atoms with Crippen LogP contribution in [0.1, 0.15) is 51.0 Å². The van der Waals surface area contributed by atoms with Gasteiger partial charge in [-0.15, -0.1) is 0 Å². The number of piperidine rings is 1. The second-order valence-corrected chi connectivity index (χ2v) is 8.40. The van der Waals surface area contributed by atoms with Gasteiger partial charge in [0.1, 0.15) is 0 Å². The van der Waals surface area contributed by atoms with Crippen LogP contribution in [0.5, 0.6) is 0 Å². The minimum atomic E-state index is 0.0511. The Labute approximate surface area is 162 Å². The largest absolute Gasteiger partial charge is 0.339 e. The molecule has 27 heavy (non-hydrogen) atoms. The third-order valence-corrected chi connectivity index (χ3v) is 6.31. The molecule has 2 saturated carbocycles. The van der Waals surface area contributed by atoms with Gasteiger partial charge in [0.25, 0.3) is 0 Å². The molecular weight excluding hydrogens is 336 g/mol. The molecule has 0 aromatic heterocycles. The van der Waals surface area contributed by atoms with Gasteiger partial charge < -0.3 is 9.80 Å². The van der Waals surface area contributed by atoms with Gasteiger partial charge in [0.2, 0.25) is 11.8 Å². The average Bonchev–Trinajstić information content (AvgIpc) is 3.60. The van der Waals surface area contributed by atoms with Crippen molar-refractivity contribution in [3.63, 3.8) is 0 Å². The first-order valence-corrected chi connectivity index (χ1v) is 10.5. The lowest BCUT2D eigenvalue weighted by Crippen LogP contribution is -2.48. The van der Waals surface area contributed by atoms with Crippen LogP contribution in [0.4, 0.5) is 0 Å². The quantitative estimate of drug-likeness (QED) is 0.720. The number of rotatable bonds is 6. The Hall–Kier alpha value is -2.10. The van der Waals surface area contributed by atoms with E-state index in [4.69, 9.17) is 0 Å². The maximum Gasteiger partial charge on any atom is 0.246 e. The van der Waals surface area contributed by atoms with E-state index in [1.807, 2.05) is 41.3 Å². The zero-order chi connectivity index (χ0) is 18.8. The molecule has 1 aromatic carbocycles. The van der Waals surface area contributed by atoms with Crippen molar-refractivity contribution < 1.29 is 9.59 Å². The molecule has 2 amide bonds. The third-order valence-electron chi connectivity index (χ3n) is 6.31. The Bertz CT molecular complexity index is 698. The summed E-state index contributed by atoms with van der Waals surface area (Å²) >= 11 is 0. The molecule has 2 aliphatic carbocycles. The molecule has 4 nitrogen and oxygen atoms in total. The predicted molar refractivity (Wildman–Crippen MR) is 107 cm³/mol. The Morgan fingerprint density at radius 3 is 2.30 bits per heavy atom. The SMILES string of the molecule is CC(C1CC1)N(C(=O)C1CCN(C(=O)C=Cc2ccccc2)CC1)C1CC1. The molecule has 1 unspecified atom stereocenters. The molecule has 4 rings (SSSR count). The first kappa shape index (κ1) is 18.3. The maximum atomic E-state index is 13.1. The highest BCUT2D eigenvalue weighted by Gasteiger charge is 2.43. The Balaban J connectivity index is 1.31. The van der Waals surface area contributed by atoms with Gasteiger partial charge in [-0.25, -0.2) is 0 Å². The normalized spacial score (nSPS) is 22.0. The molecule has 1 aromatic rings. The number of hydrogen-bond donors (Lipinski definition) is 0. The molecule has 1 heterocycles. The zero-order valence-electron chi connectivity index (χ0n) is 16.2. The van der Waals surface area contributed by atoms with E-state index in [0.717, 1.165) is 24.3 Å². The summed E-state index contributed by atoms with van der Waals surface area (Å²) in [6.07, 6.45) is 10.0. The van der Waals surface area contributed by atoms with Crippen molar-refractivity contribution >= 4 is 17.9 Å². The summed E-state index contributed by atoms with van der Waals surface area (Å²) < 4.78 is 0. The minimum Gasteiger partial charge on any atom is -0.339 e. The molecular formula is C23H30N2O2. The van der Waals surface area contributed by atoms with Crippen LogP contribution in [0.3, 0.4) is 0 Å². The van der Waals surface area contributed by atoms with Crippen molar-refractivity contribution in [3.05, 3.63) is 42.0 Å². The van der Waals surface area contributed by atoms with Gasteiger partial charge in [-0.2, -0.15) is 0 Å². The number of carbonyl (C=O) groups is 2. The lowest BCUT2D eigenvalue weighted by atomic mass is 9.94. The monoisotopic (exact) mass is 366 g/mol. The molecule has 0 N–H and O–H groups in total. The van der Waals surface area contributed by atoms with Crippen LogP contribution in [0.2, 0.25) is 0 Å². The van der Waals surface area contributed by atoms with E-state index in [-0.39, 0.29) is 11.8 Å². The van der Waals surface area contributed by atoms with Gasteiger partial charge in [-0.05, 0) is 63.0 Å². The number of hydrogen-bond acceptors (Lipinski definition) is 2. The number of amides is 2. The third kappa shape index (κ3) is 4.42. The molecule has 0 bridgehead atoms. The molecule has 1 aliphatic heterocycles. The summed E-state index contributed by atoms with van der Waals surface area (Å²) in [5.74, 6) is 1.22. The van der Waals surface area contributed by atoms with Gasteiger partial charge in [0.15, 0.2) is 0 Å². The van der Waals surface area contributed by atoms with E-state index in [2.05, 4.69) is 11.8 Å². The van der Waals surface area contributed by atoms with Gasteiger partial charge in [0, 0.05) is 37.2 Å². The predicted octanol–water partition coefficient (Wildman–Crippen LogP) is 3.73. The fourth-order valence-corrected chi connectivity index (χ4v) is 4.27. The van der Waals surface area contributed by atoms with Crippen LogP contribution in [-0.2, 0) is 9.59 Å². The Morgan fingerprint density at radius 1 is 1.04 bits per heavy atom. The molecule has 0 radical (unpaired) electrons. The van der Waals surface area contributed by atoms with Crippen molar-refractivity contribution in [1.29, 1.82) is 0 Å². The second kappa shape index (κ2) is 7.87. The van der Waals surface area contributed by atoms with E-state index < -0.39 is 0 Å². The van der Waals surface area contributed by atoms with Crippen molar-refractivity contribution in [2.24, 2.45) is 11.8 Å². The number of benzene rings is 1. The Morgan fingerprint density at radius 2 is 1.70 bits per heavy atom. The molecule has 4 heteroatoms. The fraction of sp³-hybridized carbons (Fsp3) is 0.565. The molecule has 0 spiro atoms. The highest BCUT2D eigenvalue weighted by molar-refractivity contribution is 5.92. The second-order valence-electron chi connectivity index (χ2n) is 8.40. The van der Waals surface area contributed by atoms with E-state index >= 15 is 0 Å². The van der Waals surface area contributed by atoms with Crippen molar-refractivity contribution in [2.75, 3.05) is 13.1 Å². The van der Waals surface area contributed by atoms with Gasteiger partial charge in [0.05, 0.1) is 0 Å². The van der Waals surface area contributed by atoms with Crippen LogP contribution < -0.4 is 0 Å². The summed E-state index contributed by atoms with van der Waals surface area (Å²) in [4.78, 5) is 29.7. The highest BCUT2D eigenvalue weighted by atomic mass is 16.2. The van der Waals surface area contributed by atoms with E-state index in [1.165, 1.54) is 25.7 Å². The number of carbonyl (C=O) groups excluding carboxylic acids is 2. The first-order chi connectivity index (χ1) is 13.1. The first-order valence-electron chi connectivity index (χ1n) is 10.5. The molecule has 3 fully saturated rings. The summed E-state index contributed by atoms with van der Waals surface area (Å²) in [5.41, 5.74) is 1.03. The van der Waals surface area contributed by atoms with Crippen molar-refractivity contribution in [1.82, 2.24) is 9.80 Å². The van der Waals surface area contributed by atoms with E-state index in [0.29, 0.717) is 31.1 Å². The van der Waals surface area contributed by atoms with E-state index in [9.17, 15) is 9.59 Å². The highest BCUT2D eigenvalue weighted by Crippen LogP contribution is 2.41. The standard InChI is InChI=1S/C23H30N2O2/c1-17(19-8-9-19)25(21-10-11-21)23(27)20-13-15-24(16-14-20)22(26)12-7-18-5-3-2-4-6-18/h2-7,12,17,19-21H,8-11,13-16H2,1H3. The van der Waals surface area contributed by atoms with Crippen LogP contribution in [0.15, 0.2) is 36.4 Å². The van der Waals surface area contributed by atoms with Gasteiger partial charge in [-0.3, -0.25) is 9.59 Å². The van der Waals surface area contributed by atoms with Crippen LogP contribution >= 0.6 is 0 Å². The number of likely N-dealkylation sites (tertiary alicyclic amines) is 1. The lowest BCUT2D eigenvalue weighted by molar-refractivity contribution is -0.142. The van der Waals surface area contributed by atoms with Gasteiger partial charge in [-0.1, -0.05) is 30.3 Å². The van der Waals surface area contributed by atoms with Crippen LogP contribution in [0.25, 0.3) is 6.08 Å². The zero-order valence-corrected chi connectivity index (χ0v) is 16.2. The summed E-state index contributed by atoms with van der Waals surface area (Å²) in [6.45, 7) is 3.61. The topological polar surface area (TPSA) is 40.6 Å². The molecule has 144 valence electrons. The number of nitrogens with zero attached hydrogens (tertiary/aromatic N) is 2. The summed E-state index contributed by atoms with van der Waals surface area (Å²) in [7, 11) is 0. The molecule has 1 atom stereocenters. The van der Waals surface area contributed by atoms with Crippen molar-refractivity contribution in [2.45, 2.75) is 57.5 Å². The minimum absolute atomic E-state index is 0.0511.